The van der Waals surface area contributed by atoms with E-state index in [9.17, 15) is 13.6 Å². The van der Waals surface area contributed by atoms with Crippen molar-refractivity contribution in [2.24, 2.45) is 5.92 Å². The number of carbonyl (C=O) groups is 2. The summed E-state index contributed by atoms with van der Waals surface area (Å²) in [5.74, 6) is 0.0871. The van der Waals surface area contributed by atoms with Gasteiger partial charge in [0, 0.05) is 0 Å². The number of aromatic carboxylic acids is 1. The van der Waals surface area contributed by atoms with Crippen molar-refractivity contribution in [3.63, 3.8) is 0 Å². The van der Waals surface area contributed by atoms with Crippen molar-refractivity contribution in [1.29, 1.82) is 0 Å². The van der Waals surface area contributed by atoms with Crippen LogP contribution >= 0.6 is 11.6 Å². The predicted octanol–water partition coefficient (Wildman–Crippen LogP) is 8.79. The van der Waals surface area contributed by atoms with Crippen LogP contribution in [0.1, 0.15) is 81.9 Å². The number of benzene rings is 2. The smallest absolute Gasteiger partial charge is 0.387 e. The zero-order chi connectivity index (χ0) is 27.3. The summed E-state index contributed by atoms with van der Waals surface area (Å²) in [5.41, 5.74) is 3.14. The molecular weight excluding hydrogens is 462 g/mol. The highest BCUT2D eigenvalue weighted by Crippen LogP contribution is 2.20. The second kappa shape index (κ2) is 22.3. The van der Waals surface area contributed by atoms with E-state index in [1.54, 1.807) is 24.3 Å². The van der Waals surface area contributed by atoms with Crippen molar-refractivity contribution in [3.05, 3.63) is 63.7 Å². The second-order valence-electron chi connectivity index (χ2n) is 7.47. The Kier molecular flexibility index (Phi) is 23.7. The number of carboxylic acids is 1. The quantitative estimate of drug-likeness (QED) is 0.415. The Labute approximate surface area is 209 Å². The molecule has 2 aromatic rings. The summed E-state index contributed by atoms with van der Waals surface area (Å²) in [7, 11) is 0. The largest absolute Gasteiger partial charge is 0.478 e. The predicted molar refractivity (Wildman–Crippen MR) is 139 cm³/mol. The van der Waals surface area contributed by atoms with Crippen molar-refractivity contribution in [2.75, 3.05) is 0 Å². The van der Waals surface area contributed by atoms with Crippen molar-refractivity contribution in [3.8, 4) is 5.75 Å². The van der Waals surface area contributed by atoms with Gasteiger partial charge in [0.15, 0.2) is 0 Å². The Morgan fingerprint density at radius 1 is 1.09 bits per heavy atom. The van der Waals surface area contributed by atoms with Crippen LogP contribution in [-0.2, 0) is 11.2 Å². The van der Waals surface area contributed by atoms with Crippen LogP contribution in [0.2, 0.25) is 5.02 Å². The Morgan fingerprint density at radius 3 is 1.97 bits per heavy atom. The van der Waals surface area contributed by atoms with Gasteiger partial charge in [-0.2, -0.15) is 8.78 Å². The lowest BCUT2D eigenvalue weighted by Gasteiger charge is -2.05. The molecule has 0 saturated heterocycles. The molecule has 2 rings (SSSR count). The Hall–Kier alpha value is -2.47. The molecule has 4 nitrogen and oxygen atoms in total. The van der Waals surface area contributed by atoms with E-state index in [-0.39, 0.29) is 11.3 Å². The standard InChI is InChI=1S/C10H12F2O.C9H9ClO2.C4H10.C2H4O.C2H6/c1-2-4-8-5-3-6-9(7-8)13-10(11)12;1-5-3-7(9(11)12)8(10)4-6(5)2;1-4(2)3;1-2-3;1-2/h3,5-7,10H,2,4H2,1H3;3-4H,1-2H3,(H,11,12);4H,1-3H3;2H,1H3;1-2H3. The molecule has 0 atom stereocenters. The first-order chi connectivity index (χ1) is 15.9. The first kappa shape index (κ1) is 36.1. The number of hydrogen-bond donors (Lipinski definition) is 1. The summed E-state index contributed by atoms with van der Waals surface area (Å²) in [6, 6.07) is 10.1. The van der Waals surface area contributed by atoms with Gasteiger partial charge in [-0.25, -0.2) is 4.79 Å². The first-order valence-corrected chi connectivity index (χ1v) is 11.7. The summed E-state index contributed by atoms with van der Waals surface area (Å²) in [6.07, 6.45) is 2.64. The molecule has 0 unspecified atom stereocenters. The fraction of sp³-hybridized carbons (Fsp3) is 0.481. The van der Waals surface area contributed by atoms with E-state index in [1.807, 2.05) is 40.7 Å². The van der Waals surface area contributed by atoms with Crippen LogP contribution in [0.15, 0.2) is 36.4 Å². The number of aldehydes is 1. The van der Waals surface area contributed by atoms with E-state index in [1.165, 1.54) is 13.0 Å². The van der Waals surface area contributed by atoms with Gasteiger partial charge in [0.25, 0.3) is 0 Å². The highest BCUT2D eigenvalue weighted by atomic mass is 35.5. The number of halogens is 3. The molecule has 0 saturated carbocycles. The van der Waals surface area contributed by atoms with Crippen LogP contribution in [0.4, 0.5) is 8.78 Å². The summed E-state index contributed by atoms with van der Waals surface area (Å²) in [5, 5.41) is 8.99. The lowest BCUT2D eigenvalue weighted by Crippen LogP contribution is -2.01. The molecule has 0 amide bonds. The van der Waals surface area contributed by atoms with E-state index in [4.69, 9.17) is 21.5 Å². The molecule has 34 heavy (non-hydrogen) atoms. The van der Waals surface area contributed by atoms with Crippen molar-refractivity contribution in [1.82, 2.24) is 0 Å². The van der Waals surface area contributed by atoms with Gasteiger partial charge in [-0.15, -0.1) is 0 Å². The third-order valence-corrected chi connectivity index (χ3v) is 3.79. The van der Waals surface area contributed by atoms with Gasteiger partial charge < -0.3 is 14.6 Å². The molecule has 1 N–H and O–H groups in total. The summed E-state index contributed by atoms with van der Waals surface area (Å²) < 4.78 is 27.9. The van der Waals surface area contributed by atoms with Crippen LogP contribution in [0.3, 0.4) is 0 Å². The molecule has 0 aliphatic heterocycles. The third-order valence-electron chi connectivity index (χ3n) is 3.48. The molecule has 0 heterocycles. The average molecular weight is 503 g/mol. The van der Waals surface area contributed by atoms with Gasteiger partial charge in [0.1, 0.15) is 12.0 Å². The number of ether oxygens (including phenoxy) is 1. The zero-order valence-electron chi connectivity index (χ0n) is 21.9. The van der Waals surface area contributed by atoms with Crippen LogP contribution in [-0.4, -0.2) is 24.0 Å². The van der Waals surface area contributed by atoms with Gasteiger partial charge in [-0.05, 0) is 74.1 Å². The summed E-state index contributed by atoms with van der Waals surface area (Å²) in [4.78, 5) is 19.4. The molecule has 7 heteroatoms. The number of carboxylic acid groups (broad SMARTS) is 1. The molecule has 2 aromatic carbocycles. The first-order valence-electron chi connectivity index (χ1n) is 11.3. The Bertz CT molecular complexity index is 806. The third kappa shape index (κ3) is 20.2. The average Bonchev–Trinajstić information content (AvgIpc) is 2.73. The monoisotopic (exact) mass is 502 g/mol. The molecule has 0 radical (unpaired) electrons. The normalized spacial score (nSPS) is 9.12. The van der Waals surface area contributed by atoms with Crippen molar-refractivity contribution < 1.29 is 28.2 Å². The number of carbonyl (C=O) groups excluding carboxylic acids is 1. The Morgan fingerprint density at radius 2 is 1.56 bits per heavy atom. The van der Waals surface area contributed by atoms with Gasteiger partial charge in [0.2, 0.25) is 0 Å². The van der Waals surface area contributed by atoms with Crippen molar-refractivity contribution in [2.45, 2.75) is 81.8 Å². The van der Waals surface area contributed by atoms with E-state index in [2.05, 4.69) is 25.5 Å². The lowest BCUT2D eigenvalue weighted by atomic mass is 10.1. The molecule has 0 aliphatic rings. The molecular formula is C27H41ClF2O4. The zero-order valence-corrected chi connectivity index (χ0v) is 22.7. The molecule has 194 valence electrons. The van der Waals surface area contributed by atoms with E-state index >= 15 is 0 Å². The molecule has 0 spiro atoms. The van der Waals surface area contributed by atoms with Gasteiger partial charge >= 0.3 is 12.6 Å². The van der Waals surface area contributed by atoms with Crippen LogP contribution in [0.25, 0.3) is 0 Å². The van der Waals surface area contributed by atoms with Gasteiger partial charge in [-0.3, -0.25) is 0 Å². The number of rotatable bonds is 5. The minimum atomic E-state index is -2.74. The maximum absolute atomic E-state index is 11.8. The second-order valence-corrected chi connectivity index (χ2v) is 7.87. The fourth-order valence-corrected chi connectivity index (χ4v) is 2.41. The summed E-state index contributed by atoms with van der Waals surface area (Å²) in [6.45, 7) is 15.0. The minimum Gasteiger partial charge on any atom is -0.478 e. The molecule has 0 bridgehead atoms. The fourth-order valence-electron chi connectivity index (χ4n) is 2.11. The Balaban J connectivity index is -0.000000422. The van der Waals surface area contributed by atoms with Crippen molar-refractivity contribution >= 4 is 23.9 Å². The number of alkyl halides is 2. The maximum Gasteiger partial charge on any atom is 0.387 e. The minimum absolute atomic E-state index is 0.166. The van der Waals surface area contributed by atoms with Crippen LogP contribution in [0, 0.1) is 19.8 Å². The highest BCUT2D eigenvalue weighted by molar-refractivity contribution is 6.33. The lowest BCUT2D eigenvalue weighted by molar-refractivity contribution is -0.106. The van der Waals surface area contributed by atoms with Crippen LogP contribution in [0.5, 0.6) is 5.75 Å². The number of aryl methyl sites for hydroxylation is 3. The van der Waals surface area contributed by atoms with E-state index in [0.29, 0.717) is 5.02 Å². The summed E-state index contributed by atoms with van der Waals surface area (Å²) >= 11 is 5.72. The van der Waals surface area contributed by atoms with Gasteiger partial charge in [-0.1, -0.05) is 71.7 Å². The molecule has 0 aromatic heterocycles. The van der Waals surface area contributed by atoms with E-state index < -0.39 is 12.6 Å². The van der Waals surface area contributed by atoms with Crippen LogP contribution < -0.4 is 4.74 Å². The topological polar surface area (TPSA) is 63.6 Å². The SMILES string of the molecule is CC.CC(C)C.CC=O.CCCc1cccc(OC(F)F)c1.Cc1cc(Cl)c(C(=O)O)cc1C. The van der Waals surface area contributed by atoms with E-state index in [0.717, 1.165) is 41.7 Å². The van der Waals surface area contributed by atoms with Gasteiger partial charge in [0.05, 0.1) is 10.6 Å². The molecule has 0 aliphatic carbocycles. The molecule has 0 fully saturated rings. The highest BCUT2D eigenvalue weighted by Gasteiger charge is 2.09. The number of hydrogen-bond acceptors (Lipinski definition) is 3. The maximum atomic E-state index is 11.8.